The van der Waals surface area contributed by atoms with Gasteiger partial charge in [-0.2, -0.15) is 0 Å². The van der Waals surface area contributed by atoms with E-state index >= 15 is 0 Å². The summed E-state index contributed by atoms with van der Waals surface area (Å²) in [7, 11) is 2.00. The van der Waals surface area contributed by atoms with Gasteiger partial charge in [-0.1, -0.05) is 31.7 Å². The summed E-state index contributed by atoms with van der Waals surface area (Å²) in [5, 5.41) is 3.24. The van der Waals surface area contributed by atoms with Gasteiger partial charge in [0.1, 0.15) is 0 Å². The molecule has 3 rings (SSSR count). The van der Waals surface area contributed by atoms with Gasteiger partial charge in [-0.3, -0.25) is 4.90 Å². The Morgan fingerprint density at radius 2 is 1.72 bits per heavy atom. The maximum atomic E-state index is 3.24. The van der Waals surface area contributed by atoms with Crippen molar-refractivity contribution in [3.8, 4) is 0 Å². The van der Waals surface area contributed by atoms with Crippen LogP contribution in [-0.4, -0.2) is 18.0 Å². The van der Waals surface area contributed by atoms with Crippen molar-refractivity contribution >= 4 is 5.69 Å². The molecule has 1 N–H and O–H groups in total. The van der Waals surface area contributed by atoms with E-state index in [9.17, 15) is 0 Å². The van der Waals surface area contributed by atoms with Crippen LogP contribution < -0.4 is 5.32 Å². The lowest BCUT2D eigenvalue weighted by Gasteiger charge is -2.26. The van der Waals surface area contributed by atoms with Crippen LogP contribution in [0.15, 0.2) is 18.2 Å². The number of hydrogen-bond donors (Lipinski definition) is 1. The molecular weight excluding hydrogens is 220 g/mol. The summed E-state index contributed by atoms with van der Waals surface area (Å²) >= 11 is 0. The van der Waals surface area contributed by atoms with Crippen molar-refractivity contribution in [2.75, 3.05) is 12.4 Å². The second kappa shape index (κ2) is 5.31. The third kappa shape index (κ3) is 2.39. The van der Waals surface area contributed by atoms with Crippen LogP contribution in [0.2, 0.25) is 0 Å². The maximum absolute atomic E-state index is 3.24. The van der Waals surface area contributed by atoms with E-state index in [-0.39, 0.29) is 0 Å². The van der Waals surface area contributed by atoms with Gasteiger partial charge in [0.15, 0.2) is 0 Å². The zero-order valence-corrected chi connectivity index (χ0v) is 11.4. The summed E-state index contributed by atoms with van der Waals surface area (Å²) in [4.78, 5) is 2.70. The zero-order chi connectivity index (χ0) is 12.4. The van der Waals surface area contributed by atoms with Gasteiger partial charge in [0.25, 0.3) is 0 Å². The first-order valence-corrected chi connectivity index (χ1v) is 7.40. The number of fused-ring (bicyclic) bond motifs is 1. The van der Waals surface area contributed by atoms with E-state index < -0.39 is 0 Å². The monoisotopic (exact) mass is 244 g/mol. The van der Waals surface area contributed by atoms with Crippen LogP contribution in [0.5, 0.6) is 0 Å². The zero-order valence-electron chi connectivity index (χ0n) is 11.4. The van der Waals surface area contributed by atoms with Gasteiger partial charge in [0.05, 0.1) is 0 Å². The highest BCUT2D eigenvalue weighted by atomic mass is 15.2. The number of nitrogens with one attached hydrogen (secondary N) is 1. The third-order valence-corrected chi connectivity index (χ3v) is 4.58. The molecule has 0 radical (unpaired) electrons. The van der Waals surface area contributed by atoms with Crippen molar-refractivity contribution in [2.24, 2.45) is 0 Å². The lowest BCUT2D eigenvalue weighted by atomic mass is 10.1. The average Bonchev–Trinajstić information content (AvgIpc) is 2.63. The number of anilines is 1. The molecule has 1 aliphatic carbocycles. The van der Waals surface area contributed by atoms with Crippen LogP contribution in [0.1, 0.15) is 49.7 Å². The summed E-state index contributed by atoms with van der Waals surface area (Å²) in [6.07, 6.45) is 8.57. The van der Waals surface area contributed by atoms with Crippen molar-refractivity contribution in [2.45, 2.75) is 57.7 Å². The quantitative estimate of drug-likeness (QED) is 0.797. The fourth-order valence-electron chi connectivity index (χ4n) is 3.46. The van der Waals surface area contributed by atoms with E-state index in [2.05, 4.69) is 28.4 Å². The summed E-state index contributed by atoms with van der Waals surface area (Å²) in [6, 6.07) is 7.66. The second-order valence-corrected chi connectivity index (χ2v) is 5.78. The molecule has 0 amide bonds. The normalized spacial score (nSPS) is 21.6. The molecule has 1 heterocycles. The molecule has 1 aliphatic heterocycles. The van der Waals surface area contributed by atoms with Gasteiger partial charge in [0, 0.05) is 31.9 Å². The SMILES string of the molecule is CNc1ccc2c(c1)CN(C1CCCCCC1)C2. The molecule has 0 saturated heterocycles. The first-order valence-electron chi connectivity index (χ1n) is 7.40. The lowest BCUT2D eigenvalue weighted by molar-refractivity contribution is 0.181. The first-order chi connectivity index (χ1) is 8.86. The molecule has 2 aliphatic rings. The van der Waals surface area contributed by atoms with Crippen LogP contribution >= 0.6 is 0 Å². The predicted octanol–water partition coefficient (Wildman–Crippen LogP) is 3.77. The number of benzene rings is 1. The van der Waals surface area contributed by atoms with Gasteiger partial charge in [0.2, 0.25) is 0 Å². The van der Waals surface area contributed by atoms with Gasteiger partial charge >= 0.3 is 0 Å². The van der Waals surface area contributed by atoms with Crippen molar-refractivity contribution < 1.29 is 0 Å². The minimum absolute atomic E-state index is 0.831. The topological polar surface area (TPSA) is 15.3 Å². The minimum atomic E-state index is 0.831. The fraction of sp³-hybridized carbons (Fsp3) is 0.625. The minimum Gasteiger partial charge on any atom is -0.388 e. The molecule has 2 heteroatoms. The fourth-order valence-corrected chi connectivity index (χ4v) is 3.46. The van der Waals surface area contributed by atoms with E-state index in [0.717, 1.165) is 12.6 Å². The Morgan fingerprint density at radius 1 is 1.00 bits per heavy atom. The van der Waals surface area contributed by atoms with Crippen LogP contribution in [-0.2, 0) is 13.1 Å². The Morgan fingerprint density at radius 3 is 2.44 bits per heavy atom. The molecule has 18 heavy (non-hydrogen) atoms. The molecule has 0 atom stereocenters. The van der Waals surface area contributed by atoms with Crippen molar-refractivity contribution in [3.05, 3.63) is 29.3 Å². The summed E-state index contributed by atoms with van der Waals surface area (Å²) in [5.74, 6) is 0. The smallest absolute Gasteiger partial charge is 0.0341 e. The predicted molar refractivity (Wildman–Crippen MR) is 76.7 cm³/mol. The molecule has 2 nitrogen and oxygen atoms in total. The molecule has 0 aromatic heterocycles. The number of hydrogen-bond acceptors (Lipinski definition) is 2. The van der Waals surface area contributed by atoms with Gasteiger partial charge in [-0.05, 0) is 36.1 Å². The molecule has 1 saturated carbocycles. The van der Waals surface area contributed by atoms with Crippen molar-refractivity contribution in [1.82, 2.24) is 4.90 Å². The average molecular weight is 244 g/mol. The van der Waals surface area contributed by atoms with Crippen LogP contribution in [0.25, 0.3) is 0 Å². The van der Waals surface area contributed by atoms with Gasteiger partial charge < -0.3 is 5.32 Å². The van der Waals surface area contributed by atoms with Crippen LogP contribution in [0.3, 0.4) is 0 Å². The number of nitrogens with zero attached hydrogens (tertiary/aromatic N) is 1. The Hall–Kier alpha value is -1.02. The molecule has 1 fully saturated rings. The van der Waals surface area contributed by atoms with Crippen molar-refractivity contribution in [3.63, 3.8) is 0 Å². The van der Waals surface area contributed by atoms with E-state index in [1.54, 1.807) is 5.56 Å². The lowest BCUT2D eigenvalue weighted by Crippen LogP contribution is -2.29. The molecular formula is C16H24N2. The maximum Gasteiger partial charge on any atom is 0.0341 e. The van der Waals surface area contributed by atoms with Crippen LogP contribution in [0.4, 0.5) is 5.69 Å². The first kappa shape index (κ1) is 12.0. The molecule has 0 unspecified atom stereocenters. The Balaban J connectivity index is 1.71. The number of rotatable bonds is 2. The van der Waals surface area contributed by atoms with Gasteiger partial charge in [-0.25, -0.2) is 0 Å². The summed E-state index contributed by atoms with van der Waals surface area (Å²) in [5.41, 5.74) is 4.32. The molecule has 0 bridgehead atoms. The third-order valence-electron chi connectivity index (χ3n) is 4.58. The Labute approximate surface area is 110 Å². The van der Waals surface area contributed by atoms with E-state index in [0.29, 0.717) is 0 Å². The molecule has 1 aromatic carbocycles. The van der Waals surface area contributed by atoms with Gasteiger partial charge in [-0.15, -0.1) is 0 Å². The van der Waals surface area contributed by atoms with Crippen molar-refractivity contribution in [1.29, 1.82) is 0 Å². The highest BCUT2D eigenvalue weighted by Crippen LogP contribution is 2.31. The summed E-state index contributed by atoms with van der Waals surface area (Å²) in [6.45, 7) is 2.33. The molecule has 0 spiro atoms. The summed E-state index contributed by atoms with van der Waals surface area (Å²) < 4.78 is 0. The van der Waals surface area contributed by atoms with E-state index in [1.807, 2.05) is 7.05 Å². The molecule has 98 valence electrons. The Kier molecular flexibility index (Phi) is 3.55. The molecule has 1 aromatic rings. The highest BCUT2D eigenvalue weighted by molar-refractivity contribution is 5.49. The second-order valence-electron chi connectivity index (χ2n) is 5.78. The Bertz CT molecular complexity index is 406. The largest absolute Gasteiger partial charge is 0.388 e. The standard InChI is InChI=1S/C16H24N2/c1-17-15-9-8-13-11-18(12-14(13)10-15)16-6-4-2-3-5-7-16/h8-10,16-17H,2-7,11-12H2,1H3. The van der Waals surface area contributed by atoms with E-state index in [1.165, 1.54) is 56.3 Å². The van der Waals surface area contributed by atoms with E-state index in [4.69, 9.17) is 0 Å². The highest BCUT2D eigenvalue weighted by Gasteiger charge is 2.26. The van der Waals surface area contributed by atoms with Crippen LogP contribution in [0, 0.1) is 0 Å².